The second-order valence-electron chi connectivity index (χ2n) is 7.21. The molecular formula is C16H31N3O2. The van der Waals surface area contributed by atoms with Crippen LogP contribution in [0.4, 0.5) is 0 Å². The third-order valence-electron chi connectivity index (χ3n) is 5.39. The van der Waals surface area contributed by atoms with Gasteiger partial charge in [-0.15, -0.1) is 0 Å². The first kappa shape index (κ1) is 16.6. The largest absolute Gasteiger partial charge is 0.382 e. The minimum absolute atomic E-state index is 0.132. The number of hydrogen-bond donors (Lipinski definition) is 1. The number of guanidine groups is 1. The van der Waals surface area contributed by atoms with Crippen molar-refractivity contribution in [2.24, 2.45) is 15.8 Å². The van der Waals surface area contributed by atoms with Gasteiger partial charge in [0.2, 0.25) is 0 Å². The number of aliphatic imine (C=N–C) groups is 1. The number of nitrogens with zero attached hydrogens (tertiary/aromatic N) is 2. The summed E-state index contributed by atoms with van der Waals surface area (Å²) in [5, 5.41) is 3.68. The minimum atomic E-state index is 0.132. The molecule has 1 atom stereocenters. The Labute approximate surface area is 129 Å². The highest BCUT2D eigenvalue weighted by molar-refractivity contribution is 5.81. The molecule has 21 heavy (non-hydrogen) atoms. The van der Waals surface area contributed by atoms with Crippen molar-refractivity contribution >= 4 is 5.96 Å². The SMILES string of the molecule is CCN=C(NC1C(C)(C)C1(C)C)N1CCOC(COC)C1. The second kappa shape index (κ2) is 6.13. The fourth-order valence-corrected chi connectivity index (χ4v) is 3.27. The van der Waals surface area contributed by atoms with E-state index < -0.39 is 0 Å². The zero-order chi connectivity index (χ0) is 15.7. The van der Waals surface area contributed by atoms with E-state index in [9.17, 15) is 0 Å². The maximum atomic E-state index is 5.73. The van der Waals surface area contributed by atoms with E-state index in [1.165, 1.54) is 0 Å². The average molecular weight is 297 g/mol. The normalized spacial score (nSPS) is 28.6. The molecule has 0 aromatic rings. The Morgan fingerprint density at radius 3 is 2.52 bits per heavy atom. The molecule has 122 valence electrons. The first-order valence-corrected chi connectivity index (χ1v) is 8.01. The van der Waals surface area contributed by atoms with Crippen LogP contribution in [0, 0.1) is 10.8 Å². The zero-order valence-corrected chi connectivity index (χ0v) is 14.4. The van der Waals surface area contributed by atoms with Gasteiger partial charge in [0.05, 0.1) is 19.3 Å². The molecule has 0 radical (unpaired) electrons. The molecular weight excluding hydrogens is 266 g/mol. The molecule has 0 bridgehead atoms. The van der Waals surface area contributed by atoms with Gasteiger partial charge < -0.3 is 19.7 Å². The van der Waals surface area contributed by atoms with Crippen LogP contribution >= 0.6 is 0 Å². The molecule has 5 nitrogen and oxygen atoms in total. The van der Waals surface area contributed by atoms with Crippen LogP contribution in [0.5, 0.6) is 0 Å². The summed E-state index contributed by atoms with van der Waals surface area (Å²) in [6.45, 7) is 15.3. The lowest BCUT2D eigenvalue weighted by Gasteiger charge is -2.35. The van der Waals surface area contributed by atoms with Gasteiger partial charge in [0.15, 0.2) is 5.96 Å². The Morgan fingerprint density at radius 2 is 2.00 bits per heavy atom. The monoisotopic (exact) mass is 297 g/mol. The Morgan fingerprint density at radius 1 is 1.33 bits per heavy atom. The van der Waals surface area contributed by atoms with Crippen LogP contribution in [-0.2, 0) is 9.47 Å². The summed E-state index contributed by atoms with van der Waals surface area (Å²) in [4.78, 5) is 7.00. The van der Waals surface area contributed by atoms with Gasteiger partial charge in [-0.2, -0.15) is 0 Å². The van der Waals surface area contributed by atoms with Gasteiger partial charge in [0, 0.05) is 32.8 Å². The van der Waals surface area contributed by atoms with Gasteiger partial charge in [-0.1, -0.05) is 27.7 Å². The molecule has 1 aliphatic carbocycles. The van der Waals surface area contributed by atoms with Crippen LogP contribution in [0.3, 0.4) is 0 Å². The smallest absolute Gasteiger partial charge is 0.194 e. The van der Waals surface area contributed by atoms with Gasteiger partial charge in [0.25, 0.3) is 0 Å². The van der Waals surface area contributed by atoms with Crippen LogP contribution in [0.2, 0.25) is 0 Å². The lowest BCUT2D eigenvalue weighted by atomic mass is 10.0. The molecule has 2 fully saturated rings. The van der Waals surface area contributed by atoms with Gasteiger partial charge in [-0.25, -0.2) is 0 Å². The highest BCUT2D eigenvalue weighted by Crippen LogP contribution is 2.62. The Kier molecular flexibility index (Phi) is 4.83. The standard InChI is InChI=1S/C16H31N3O2/c1-7-17-14(18-13-15(2,3)16(13,4)5)19-8-9-21-12(10-19)11-20-6/h12-13H,7-11H2,1-6H3,(H,17,18). The molecule has 1 heterocycles. The van der Waals surface area contributed by atoms with Crippen molar-refractivity contribution in [3.05, 3.63) is 0 Å². The lowest BCUT2D eigenvalue weighted by molar-refractivity contribution is -0.0448. The summed E-state index contributed by atoms with van der Waals surface area (Å²) in [5.41, 5.74) is 0.611. The lowest BCUT2D eigenvalue weighted by Crippen LogP contribution is -2.52. The fourth-order valence-electron chi connectivity index (χ4n) is 3.27. The molecule has 0 spiro atoms. The molecule has 1 saturated heterocycles. The highest BCUT2D eigenvalue weighted by Gasteiger charge is 2.65. The van der Waals surface area contributed by atoms with E-state index in [0.717, 1.165) is 32.2 Å². The van der Waals surface area contributed by atoms with E-state index in [-0.39, 0.29) is 6.10 Å². The highest BCUT2D eigenvalue weighted by atomic mass is 16.5. The molecule has 5 heteroatoms. The summed E-state index contributed by atoms with van der Waals surface area (Å²) in [6, 6.07) is 0.471. The molecule has 1 saturated carbocycles. The van der Waals surface area contributed by atoms with Gasteiger partial charge in [0.1, 0.15) is 0 Å². The average Bonchev–Trinajstić information content (AvgIpc) is 2.81. The van der Waals surface area contributed by atoms with E-state index in [1.54, 1.807) is 7.11 Å². The topological polar surface area (TPSA) is 46.1 Å². The van der Waals surface area contributed by atoms with Gasteiger partial charge in [-0.3, -0.25) is 4.99 Å². The van der Waals surface area contributed by atoms with Crippen molar-refractivity contribution in [1.29, 1.82) is 0 Å². The summed E-state index contributed by atoms with van der Waals surface area (Å²) < 4.78 is 10.9. The van der Waals surface area contributed by atoms with E-state index in [0.29, 0.717) is 23.5 Å². The Bertz CT molecular complexity index is 377. The molecule has 0 amide bonds. The van der Waals surface area contributed by atoms with Crippen molar-refractivity contribution in [1.82, 2.24) is 10.2 Å². The maximum absolute atomic E-state index is 5.73. The first-order chi connectivity index (χ1) is 9.84. The molecule has 1 aliphatic heterocycles. The summed E-state index contributed by atoms with van der Waals surface area (Å²) in [5.74, 6) is 1.02. The number of rotatable bonds is 4. The molecule has 1 N–H and O–H groups in total. The maximum Gasteiger partial charge on any atom is 0.194 e. The number of morpholine rings is 1. The predicted molar refractivity (Wildman–Crippen MR) is 85.7 cm³/mol. The first-order valence-electron chi connectivity index (χ1n) is 8.01. The van der Waals surface area contributed by atoms with Crippen molar-refractivity contribution in [2.45, 2.75) is 46.8 Å². The number of nitrogens with one attached hydrogen (secondary N) is 1. The number of hydrogen-bond acceptors (Lipinski definition) is 3. The Hall–Kier alpha value is -0.810. The second-order valence-corrected chi connectivity index (χ2v) is 7.21. The quantitative estimate of drug-likeness (QED) is 0.634. The van der Waals surface area contributed by atoms with Crippen LogP contribution in [0.1, 0.15) is 34.6 Å². The van der Waals surface area contributed by atoms with E-state index in [4.69, 9.17) is 9.47 Å². The Balaban J connectivity index is 2.01. The van der Waals surface area contributed by atoms with Crippen LogP contribution in [0.15, 0.2) is 4.99 Å². The van der Waals surface area contributed by atoms with Crippen molar-refractivity contribution in [3.8, 4) is 0 Å². The third-order valence-corrected chi connectivity index (χ3v) is 5.39. The predicted octanol–water partition coefficient (Wildman–Crippen LogP) is 1.73. The molecule has 0 aromatic heterocycles. The van der Waals surface area contributed by atoms with Crippen LogP contribution < -0.4 is 5.32 Å². The number of ether oxygens (including phenoxy) is 2. The molecule has 2 aliphatic rings. The molecule has 0 aromatic carbocycles. The molecule has 1 unspecified atom stereocenters. The summed E-state index contributed by atoms with van der Waals surface area (Å²) >= 11 is 0. The van der Waals surface area contributed by atoms with Gasteiger partial charge >= 0.3 is 0 Å². The van der Waals surface area contributed by atoms with Crippen molar-refractivity contribution in [3.63, 3.8) is 0 Å². The summed E-state index contributed by atoms with van der Waals surface area (Å²) in [6.07, 6.45) is 0.132. The van der Waals surface area contributed by atoms with E-state index in [2.05, 4.69) is 49.8 Å². The minimum Gasteiger partial charge on any atom is -0.382 e. The van der Waals surface area contributed by atoms with E-state index >= 15 is 0 Å². The summed E-state index contributed by atoms with van der Waals surface area (Å²) in [7, 11) is 1.72. The third kappa shape index (κ3) is 3.19. The fraction of sp³-hybridized carbons (Fsp3) is 0.938. The van der Waals surface area contributed by atoms with Gasteiger partial charge in [-0.05, 0) is 17.8 Å². The molecule has 2 rings (SSSR count). The van der Waals surface area contributed by atoms with Crippen molar-refractivity contribution < 1.29 is 9.47 Å². The van der Waals surface area contributed by atoms with E-state index in [1.807, 2.05) is 0 Å². The number of methoxy groups -OCH3 is 1. The zero-order valence-electron chi connectivity index (χ0n) is 14.4. The van der Waals surface area contributed by atoms with Crippen molar-refractivity contribution in [2.75, 3.05) is 40.0 Å². The van der Waals surface area contributed by atoms with Crippen LogP contribution in [0.25, 0.3) is 0 Å². The van der Waals surface area contributed by atoms with Crippen LogP contribution in [-0.4, -0.2) is 63.0 Å².